The Labute approximate surface area is 259 Å². The summed E-state index contributed by atoms with van der Waals surface area (Å²) in [5.74, 6) is 2.43. The third-order valence-corrected chi connectivity index (χ3v) is 10.8. The second-order valence-electron chi connectivity index (χ2n) is 13.7. The van der Waals surface area contributed by atoms with Crippen molar-refractivity contribution < 1.29 is 19.2 Å². The number of likely N-dealkylation sites (tertiary alicyclic amines) is 3. The minimum Gasteiger partial charge on any atom is -0.343 e. The third kappa shape index (κ3) is 5.39. The molecule has 0 radical (unpaired) electrons. The van der Waals surface area contributed by atoms with Crippen molar-refractivity contribution >= 4 is 35.0 Å². The van der Waals surface area contributed by atoms with E-state index in [1.807, 2.05) is 19.6 Å². The topological polar surface area (TPSA) is 93.6 Å². The molecule has 4 heterocycles. The normalized spacial score (nSPS) is 27.9. The average Bonchev–Trinajstić information content (AvgIpc) is 3.73. The third-order valence-electron chi connectivity index (χ3n) is 10.8. The summed E-state index contributed by atoms with van der Waals surface area (Å²) in [6.45, 7) is 7.89. The maximum absolute atomic E-state index is 14.2. The highest BCUT2D eigenvalue weighted by Gasteiger charge is 2.51. The van der Waals surface area contributed by atoms with Crippen molar-refractivity contribution in [1.29, 1.82) is 0 Å². The molecule has 232 valence electrons. The van der Waals surface area contributed by atoms with Crippen LogP contribution in [0.2, 0.25) is 0 Å². The summed E-state index contributed by atoms with van der Waals surface area (Å²) in [5, 5.41) is 0. The van der Waals surface area contributed by atoms with Gasteiger partial charge in [-0.15, -0.1) is 0 Å². The number of fused-ring (bicyclic) bond motifs is 1. The highest BCUT2D eigenvalue weighted by atomic mass is 16.2. The van der Waals surface area contributed by atoms with Crippen molar-refractivity contribution in [2.24, 2.45) is 28.7 Å². The van der Waals surface area contributed by atoms with Gasteiger partial charge in [-0.25, -0.2) is 0 Å². The van der Waals surface area contributed by atoms with Crippen LogP contribution in [-0.2, 0) is 19.2 Å². The van der Waals surface area contributed by atoms with Gasteiger partial charge in [0.15, 0.2) is 0 Å². The standard InChI is InChI=1S/C35H43N5O4/c1-23(41)37-17-13-35(14-18-37)34(44)40(21-25-11-15-39(20-25)33(43)28-7-8-28)32(36-35)27-5-3-26(4-6-27)29-9-10-31-22-38(24(2)42)16-12-30(31)19-29/h3-6,9-10,19,25,28,30-31H,7-8,11-18,20-22H2,1-2H3/t25-,30?,31?/m1/s1. The number of benzene rings is 1. The van der Waals surface area contributed by atoms with Gasteiger partial charge in [-0.3, -0.25) is 29.1 Å². The number of piperidine rings is 2. The summed E-state index contributed by atoms with van der Waals surface area (Å²) >= 11 is 0. The van der Waals surface area contributed by atoms with Gasteiger partial charge in [0.1, 0.15) is 11.4 Å². The van der Waals surface area contributed by atoms with E-state index in [9.17, 15) is 19.2 Å². The Morgan fingerprint density at radius 3 is 2.18 bits per heavy atom. The minimum absolute atomic E-state index is 0.0348. The molecule has 7 rings (SSSR count). The first kappa shape index (κ1) is 29.0. The van der Waals surface area contributed by atoms with E-state index in [2.05, 4.69) is 42.5 Å². The van der Waals surface area contributed by atoms with Crippen LogP contribution in [0, 0.1) is 23.7 Å². The van der Waals surface area contributed by atoms with E-state index in [4.69, 9.17) is 4.99 Å². The number of hydrogen-bond donors (Lipinski definition) is 0. The molecular weight excluding hydrogens is 554 g/mol. The van der Waals surface area contributed by atoms with Crippen LogP contribution in [0.5, 0.6) is 0 Å². The highest BCUT2D eigenvalue weighted by molar-refractivity contribution is 6.15. The van der Waals surface area contributed by atoms with E-state index in [1.165, 1.54) is 5.57 Å². The van der Waals surface area contributed by atoms with Crippen LogP contribution in [0.3, 0.4) is 0 Å². The Bertz CT molecular complexity index is 1450. The van der Waals surface area contributed by atoms with Crippen molar-refractivity contribution in [2.75, 3.05) is 45.8 Å². The molecule has 1 saturated carbocycles. The van der Waals surface area contributed by atoms with Crippen molar-refractivity contribution in [3.63, 3.8) is 0 Å². The Morgan fingerprint density at radius 1 is 0.818 bits per heavy atom. The zero-order valence-electron chi connectivity index (χ0n) is 25.9. The van der Waals surface area contributed by atoms with Crippen LogP contribution in [-0.4, -0.2) is 100 Å². The molecule has 4 amide bonds. The number of aliphatic imine (C=N–C) groups is 1. The van der Waals surface area contributed by atoms with Crippen LogP contribution in [0.1, 0.15) is 63.5 Å². The molecule has 6 aliphatic rings. The minimum atomic E-state index is -0.833. The fourth-order valence-corrected chi connectivity index (χ4v) is 7.81. The van der Waals surface area contributed by atoms with Gasteiger partial charge in [-0.2, -0.15) is 0 Å². The first-order chi connectivity index (χ1) is 21.2. The van der Waals surface area contributed by atoms with Crippen molar-refractivity contribution in [3.8, 4) is 0 Å². The zero-order valence-corrected chi connectivity index (χ0v) is 25.9. The molecule has 4 aliphatic heterocycles. The second-order valence-corrected chi connectivity index (χ2v) is 13.7. The summed E-state index contributed by atoms with van der Waals surface area (Å²) in [5.41, 5.74) is 2.41. The Morgan fingerprint density at radius 2 is 1.50 bits per heavy atom. The fourth-order valence-electron chi connectivity index (χ4n) is 7.81. The molecule has 0 N–H and O–H groups in total. The van der Waals surface area contributed by atoms with E-state index in [1.54, 1.807) is 13.8 Å². The molecule has 1 aromatic carbocycles. The Balaban J connectivity index is 1.11. The number of carbonyl (C=O) groups is 4. The van der Waals surface area contributed by atoms with Gasteiger partial charge in [0.2, 0.25) is 17.7 Å². The number of carbonyl (C=O) groups excluding carboxylic acids is 4. The number of rotatable bonds is 5. The lowest BCUT2D eigenvalue weighted by Gasteiger charge is -2.37. The SMILES string of the molecule is CC(=O)N1CCC2(CC1)N=C(c1ccc(C3=CC4CCN(C(C)=O)CC4C=C3)cc1)N(C[C@@H]1CCN(C(=O)C3CC3)C1)C2=O. The maximum Gasteiger partial charge on any atom is 0.256 e. The van der Waals surface area contributed by atoms with E-state index < -0.39 is 5.54 Å². The van der Waals surface area contributed by atoms with Crippen LogP contribution >= 0.6 is 0 Å². The summed E-state index contributed by atoms with van der Waals surface area (Å²) < 4.78 is 0. The van der Waals surface area contributed by atoms with Gasteiger partial charge in [0, 0.05) is 77.1 Å². The van der Waals surface area contributed by atoms with E-state index >= 15 is 0 Å². The van der Waals surface area contributed by atoms with Gasteiger partial charge in [0.05, 0.1) is 0 Å². The number of amidine groups is 1. The molecule has 0 aromatic heterocycles. The molecule has 2 unspecified atom stereocenters. The van der Waals surface area contributed by atoms with Crippen molar-refractivity contribution in [2.45, 2.75) is 57.9 Å². The van der Waals surface area contributed by atoms with Crippen LogP contribution in [0.4, 0.5) is 0 Å². The highest BCUT2D eigenvalue weighted by Crippen LogP contribution is 2.38. The zero-order chi connectivity index (χ0) is 30.6. The first-order valence-corrected chi connectivity index (χ1v) is 16.4. The molecule has 9 nitrogen and oxygen atoms in total. The summed E-state index contributed by atoms with van der Waals surface area (Å²) in [7, 11) is 0. The maximum atomic E-state index is 14.2. The monoisotopic (exact) mass is 597 g/mol. The second kappa shape index (κ2) is 11.3. The molecule has 9 heteroatoms. The van der Waals surface area contributed by atoms with Crippen LogP contribution < -0.4 is 0 Å². The van der Waals surface area contributed by atoms with Crippen LogP contribution in [0.15, 0.2) is 47.5 Å². The molecule has 3 saturated heterocycles. The lowest BCUT2D eigenvalue weighted by atomic mass is 9.79. The first-order valence-electron chi connectivity index (χ1n) is 16.4. The largest absolute Gasteiger partial charge is 0.343 e. The number of allylic oxidation sites excluding steroid dienone is 3. The van der Waals surface area contributed by atoms with Gasteiger partial charge < -0.3 is 14.7 Å². The molecule has 1 spiro atoms. The number of amides is 4. The summed E-state index contributed by atoms with van der Waals surface area (Å²) in [6, 6.07) is 8.40. The molecular formula is C35H43N5O4. The average molecular weight is 598 g/mol. The number of hydrogen-bond acceptors (Lipinski definition) is 5. The lowest BCUT2D eigenvalue weighted by Crippen LogP contribution is -2.51. The van der Waals surface area contributed by atoms with Crippen molar-refractivity contribution in [1.82, 2.24) is 19.6 Å². The smallest absolute Gasteiger partial charge is 0.256 e. The lowest BCUT2D eigenvalue weighted by molar-refractivity contribution is -0.137. The fraction of sp³-hybridized carbons (Fsp3) is 0.571. The predicted molar refractivity (Wildman–Crippen MR) is 167 cm³/mol. The molecule has 0 bridgehead atoms. The van der Waals surface area contributed by atoms with E-state index in [-0.39, 0.29) is 35.5 Å². The van der Waals surface area contributed by atoms with Gasteiger partial charge >= 0.3 is 0 Å². The molecule has 4 fully saturated rings. The Hall–Kier alpha value is -3.75. The summed E-state index contributed by atoms with van der Waals surface area (Å²) in [4.78, 5) is 63.6. The number of nitrogens with zero attached hydrogens (tertiary/aromatic N) is 5. The quantitative estimate of drug-likeness (QED) is 0.521. The Kier molecular flexibility index (Phi) is 7.45. The van der Waals surface area contributed by atoms with Gasteiger partial charge in [-0.05, 0) is 61.5 Å². The van der Waals surface area contributed by atoms with E-state index in [0.717, 1.165) is 62.3 Å². The molecule has 2 aliphatic carbocycles. The summed E-state index contributed by atoms with van der Waals surface area (Å²) in [6.07, 6.45) is 11.7. The van der Waals surface area contributed by atoms with Crippen LogP contribution in [0.25, 0.3) is 5.57 Å². The van der Waals surface area contributed by atoms with E-state index in [0.29, 0.717) is 50.9 Å². The molecule has 1 aromatic rings. The molecule has 44 heavy (non-hydrogen) atoms. The van der Waals surface area contributed by atoms with Gasteiger partial charge in [-0.1, -0.05) is 42.5 Å². The molecule has 3 atom stereocenters. The van der Waals surface area contributed by atoms with Gasteiger partial charge in [0.25, 0.3) is 5.91 Å². The van der Waals surface area contributed by atoms with Crippen molar-refractivity contribution in [3.05, 3.63) is 53.6 Å². The predicted octanol–water partition coefficient (Wildman–Crippen LogP) is 3.35.